The molecule has 0 atom stereocenters. The van der Waals surface area contributed by atoms with Gasteiger partial charge in [-0.15, -0.1) is 0 Å². The topological polar surface area (TPSA) is 57.9 Å². The number of nitriles is 1. The molecule has 0 heterocycles. The zero-order valence-electron chi connectivity index (χ0n) is 11.8. The fourth-order valence-corrected chi connectivity index (χ4v) is 5.57. The van der Waals surface area contributed by atoms with E-state index in [1.54, 1.807) is 19.1 Å². The van der Waals surface area contributed by atoms with Gasteiger partial charge in [0.25, 0.3) is 0 Å². The molecule has 0 aromatic heterocycles. The molecular formula is C15H19NO2S. The Labute approximate surface area is 115 Å². The van der Waals surface area contributed by atoms with E-state index in [1.165, 1.54) is 0 Å². The van der Waals surface area contributed by atoms with E-state index in [2.05, 4.69) is 6.07 Å². The van der Waals surface area contributed by atoms with E-state index in [0.717, 1.165) is 11.1 Å². The Morgan fingerprint density at radius 3 is 2.21 bits per heavy atom. The van der Waals surface area contributed by atoms with Gasteiger partial charge in [0.05, 0.1) is 11.0 Å². The number of sulfone groups is 1. The summed E-state index contributed by atoms with van der Waals surface area (Å²) >= 11 is 0. The molecule has 0 N–H and O–H groups in total. The maximum Gasteiger partial charge on any atom is 0.197 e. The predicted octanol–water partition coefficient (Wildman–Crippen LogP) is 3.16. The molecule has 3 nitrogen and oxygen atoms in total. The van der Waals surface area contributed by atoms with Crippen LogP contribution < -0.4 is 0 Å². The fraction of sp³-hybridized carbons (Fsp3) is 0.533. The highest BCUT2D eigenvalue weighted by atomic mass is 32.2. The van der Waals surface area contributed by atoms with E-state index in [0.29, 0.717) is 17.7 Å². The van der Waals surface area contributed by atoms with Crippen molar-refractivity contribution in [3.63, 3.8) is 0 Å². The molecule has 0 radical (unpaired) electrons. The highest BCUT2D eigenvalue weighted by Gasteiger charge is 2.59. The normalized spacial score (nSPS) is 20.4. The molecule has 4 heteroatoms. The van der Waals surface area contributed by atoms with Crippen LogP contribution in [0.3, 0.4) is 0 Å². The first-order chi connectivity index (χ1) is 8.63. The quantitative estimate of drug-likeness (QED) is 0.834. The van der Waals surface area contributed by atoms with Gasteiger partial charge in [0.2, 0.25) is 0 Å². The smallest absolute Gasteiger partial charge is 0.197 e. The molecule has 2 rings (SSSR count). The van der Waals surface area contributed by atoms with Crippen LogP contribution in [0.15, 0.2) is 23.1 Å². The number of nitrogens with zero attached hydrogens (tertiary/aromatic N) is 1. The van der Waals surface area contributed by atoms with Gasteiger partial charge in [-0.1, -0.05) is 31.5 Å². The minimum Gasteiger partial charge on any atom is -0.222 e. The lowest BCUT2D eigenvalue weighted by molar-refractivity contribution is 0.154. The third kappa shape index (κ3) is 2.06. The molecule has 0 amide bonds. The molecule has 1 aliphatic carbocycles. The largest absolute Gasteiger partial charge is 0.222 e. The zero-order valence-corrected chi connectivity index (χ0v) is 12.6. The first-order valence-electron chi connectivity index (χ1n) is 6.37. The summed E-state index contributed by atoms with van der Waals surface area (Å²) in [6.45, 7) is 7.71. The molecule has 19 heavy (non-hydrogen) atoms. The molecule has 0 unspecified atom stereocenters. The molecule has 102 valence electrons. The highest BCUT2D eigenvalue weighted by molar-refractivity contribution is 7.93. The summed E-state index contributed by atoms with van der Waals surface area (Å²) in [4.78, 5) is 0.301. The summed E-state index contributed by atoms with van der Waals surface area (Å²) in [7, 11) is -3.59. The molecule has 1 aromatic carbocycles. The number of rotatable bonds is 2. The molecule has 1 aliphatic rings. The Morgan fingerprint density at radius 2 is 1.79 bits per heavy atom. The van der Waals surface area contributed by atoms with Crippen LogP contribution in [0, 0.1) is 30.6 Å². The summed E-state index contributed by atoms with van der Waals surface area (Å²) in [5.74, 6) is 0. The van der Waals surface area contributed by atoms with Crippen LogP contribution in [-0.4, -0.2) is 13.2 Å². The maximum atomic E-state index is 12.8. The van der Waals surface area contributed by atoms with E-state index >= 15 is 0 Å². The number of aryl methyl sites for hydroxylation is 2. The Hall–Kier alpha value is -1.34. The van der Waals surface area contributed by atoms with Gasteiger partial charge >= 0.3 is 0 Å². The molecular weight excluding hydrogens is 258 g/mol. The Morgan fingerprint density at radius 1 is 1.21 bits per heavy atom. The van der Waals surface area contributed by atoms with Crippen molar-refractivity contribution in [2.24, 2.45) is 5.41 Å². The Balaban J connectivity index is 2.52. The molecule has 1 saturated carbocycles. The predicted molar refractivity (Wildman–Crippen MR) is 74.5 cm³/mol. The van der Waals surface area contributed by atoms with Crippen LogP contribution in [-0.2, 0) is 9.84 Å². The van der Waals surface area contributed by atoms with Crippen LogP contribution in [0.2, 0.25) is 0 Å². The van der Waals surface area contributed by atoms with Gasteiger partial charge in [-0.2, -0.15) is 5.26 Å². The van der Waals surface area contributed by atoms with E-state index in [1.807, 2.05) is 26.8 Å². The van der Waals surface area contributed by atoms with Crippen molar-refractivity contribution >= 4 is 9.84 Å². The van der Waals surface area contributed by atoms with Crippen LogP contribution >= 0.6 is 0 Å². The van der Waals surface area contributed by atoms with Gasteiger partial charge in [-0.05, 0) is 43.7 Å². The average molecular weight is 277 g/mol. The first kappa shape index (κ1) is 14.1. The van der Waals surface area contributed by atoms with Crippen molar-refractivity contribution in [2.75, 3.05) is 0 Å². The lowest BCUT2D eigenvalue weighted by Crippen LogP contribution is -2.53. The summed E-state index contributed by atoms with van der Waals surface area (Å²) in [5, 5.41) is 9.38. The van der Waals surface area contributed by atoms with Crippen molar-refractivity contribution in [1.82, 2.24) is 0 Å². The standard InChI is InChI=1S/C15H19NO2S/c1-11-5-6-13(12(2)7-11)19(17,18)15(10-16)8-14(3,4)9-15/h5-7H,8-9H2,1-4H3. The summed E-state index contributed by atoms with van der Waals surface area (Å²) in [6, 6.07) is 7.33. The number of benzene rings is 1. The van der Waals surface area contributed by atoms with Crippen molar-refractivity contribution in [1.29, 1.82) is 5.26 Å². The minimum atomic E-state index is -3.59. The summed E-state index contributed by atoms with van der Waals surface area (Å²) in [5.41, 5.74) is 1.68. The van der Waals surface area contributed by atoms with Crippen molar-refractivity contribution in [3.8, 4) is 6.07 Å². The van der Waals surface area contributed by atoms with Gasteiger partial charge in [0.15, 0.2) is 14.6 Å². The minimum absolute atomic E-state index is 0.0681. The second-order valence-corrected chi connectivity index (χ2v) is 8.62. The summed E-state index contributed by atoms with van der Waals surface area (Å²) < 4.78 is 24.3. The maximum absolute atomic E-state index is 12.8. The average Bonchev–Trinajstić information content (AvgIpc) is 2.24. The fourth-order valence-electron chi connectivity index (χ4n) is 3.13. The molecule has 1 aromatic rings. The van der Waals surface area contributed by atoms with Crippen molar-refractivity contribution in [2.45, 2.75) is 50.2 Å². The van der Waals surface area contributed by atoms with Crippen LogP contribution in [0.25, 0.3) is 0 Å². The second-order valence-electron chi connectivity index (χ2n) is 6.40. The lowest BCUT2D eigenvalue weighted by Gasteiger charge is -2.47. The van der Waals surface area contributed by atoms with Crippen LogP contribution in [0.5, 0.6) is 0 Å². The Bertz CT molecular complexity index is 658. The van der Waals surface area contributed by atoms with Crippen molar-refractivity contribution in [3.05, 3.63) is 29.3 Å². The third-order valence-electron chi connectivity index (χ3n) is 3.87. The molecule has 1 fully saturated rings. The SMILES string of the molecule is Cc1ccc(S(=O)(=O)C2(C#N)CC(C)(C)C2)c(C)c1. The van der Waals surface area contributed by atoms with Crippen molar-refractivity contribution < 1.29 is 8.42 Å². The summed E-state index contributed by atoms with van der Waals surface area (Å²) in [6.07, 6.45) is 0.818. The monoisotopic (exact) mass is 277 g/mol. The molecule has 0 spiro atoms. The lowest BCUT2D eigenvalue weighted by atomic mass is 9.64. The highest BCUT2D eigenvalue weighted by Crippen LogP contribution is 2.53. The van der Waals surface area contributed by atoms with Gasteiger partial charge < -0.3 is 0 Å². The third-order valence-corrected chi connectivity index (χ3v) is 6.31. The van der Waals surface area contributed by atoms with Gasteiger partial charge in [-0.3, -0.25) is 0 Å². The van der Waals surface area contributed by atoms with E-state index in [4.69, 9.17) is 0 Å². The molecule has 0 saturated heterocycles. The molecule has 0 aliphatic heterocycles. The second kappa shape index (κ2) is 4.08. The van der Waals surface area contributed by atoms with Gasteiger partial charge in [0.1, 0.15) is 0 Å². The van der Waals surface area contributed by atoms with Gasteiger partial charge in [0, 0.05) is 0 Å². The van der Waals surface area contributed by atoms with E-state index < -0.39 is 14.6 Å². The van der Waals surface area contributed by atoms with Crippen LogP contribution in [0.1, 0.15) is 37.8 Å². The molecule has 0 bridgehead atoms. The van der Waals surface area contributed by atoms with E-state index in [-0.39, 0.29) is 5.41 Å². The number of hydrogen-bond donors (Lipinski definition) is 0. The zero-order chi connectivity index (χ0) is 14.5. The van der Waals surface area contributed by atoms with E-state index in [9.17, 15) is 13.7 Å². The number of hydrogen-bond acceptors (Lipinski definition) is 3. The first-order valence-corrected chi connectivity index (χ1v) is 7.85. The van der Waals surface area contributed by atoms with Gasteiger partial charge in [-0.25, -0.2) is 8.42 Å². The van der Waals surface area contributed by atoms with Crippen LogP contribution in [0.4, 0.5) is 0 Å². The Kier molecular flexibility index (Phi) is 3.02.